The average molecular weight is 454 g/mol. The van der Waals surface area contributed by atoms with E-state index in [0.29, 0.717) is 63.4 Å². The molecule has 2 aliphatic rings. The molecule has 2 saturated heterocycles. The lowest BCUT2D eigenvalue weighted by Crippen LogP contribution is -2.56. The number of hydrogen-bond acceptors (Lipinski definition) is 4. The molecule has 3 amide bonds. The van der Waals surface area contributed by atoms with Gasteiger partial charge in [-0.05, 0) is 49.1 Å². The number of benzene rings is 2. The Morgan fingerprint density at radius 3 is 2.21 bits per heavy atom. The van der Waals surface area contributed by atoms with Gasteiger partial charge in [-0.3, -0.25) is 14.4 Å². The zero-order valence-electron chi connectivity index (χ0n) is 18.4. The first-order valence-corrected chi connectivity index (χ1v) is 11.3. The number of hydrogen-bond donors (Lipinski definition) is 1. The van der Waals surface area contributed by atoms with Crippen LogP contribution in [0.5, 0.6) is 0 Å². The van der Waals surface area contributed by atoms with Crippen molar-refractivity contribution < 1.29 is 23.5 Å². The molecule has 0 unspecified atom stereocenters. The second-order valence-electron chi connectivity index (χ2n) is 8.39. The van der Waals surface area contributed by atoms with Gasteiger partial charge in [-0.2, -0.15) is 0 Å². The molecule has 33 heavy (non-hydrogen) atoms. The van der Waals surface area contributed by atoms with Gasteiger partial charge in [0.1, 0.15) is 11.9 Å². The van der Waals surface area contributed by atoms with Gasteiger partial charge in [0, 0.05) is 37.3 Å². The van der Waals surface area contributed by atoms with Crippen molar-refractivity contribution in [3.05, 3.63) is 71.5 Å². The van der Waals surface area contributed by atoms with Gasteiger partial charge in [-0.25, -0.2) is 4.39 Å². The van der Waals surface area contributed by atoms with Gasteiger partial charge in [-0.15, -0.1) is 0 Å². The second-order valence-corrected chi connectivity index (χ2v) is 8.39. The maximum atomic E-state index is 13.5. The summed E-state index contributed by atoms with van der Waals surface area (Å²) in [4.78, 5) is 42.4. The summed E-state index contributed by atoms with van der Waals surface area (Å²) in [5, 5.41) is 2.96. The lowest BCUT2D eigenvalue weighted by Gasteiger charge is -2.38. The molecule has 0 aromatic heterocycles. The summed E-state index contributed by atoms with van der Waals surface area (Å²) in [6.07, 6.45) is 1.13. The van der Waals surface area contributed by atoms with Crippen LogP contribution in [0.2, 0.25) is 0 Å². The summed E-state index contributed by atoms with van der Waals surface area (Å²) in [6.45, 7) is 2.82. The highest BCUT2D eigenvalue weighted by atomic mass is 19.1. The summed E-state index contributed by atoms with van der Waals surface area (Å²) in [6, 6.07) is 13.8. The Labute approximate surface area is 192 Å². The largest absolute Gasteiger partial charge is 0.378 e. The van der Waals surface area contributed by atoms with Crippen LogP contribution in [-0.2, 0) is 9.53 Å². The van der Waals surface area contributed by atoms with Crippen LogP contribution >= 0.6 is 0 Å². The third kappa shape index (κ3) is 5.57. The monoisotopic (exact) mass is 453 g/mol. The molecule has 1 atom stereocenters. The maximum Gasteiger partial charge on any atom is 0.253 e. The molecule has 7 nitrogen and oxygen atoms in total. The molecular formula is C25H28FN3O4. The molecule has 0 saturated carbocycles. The van der Waals surface area contributed by atoms with E-state index in [9.17, 15) is 18.8 Å². The number of carbonyl (C=O) groups is 3. The van der Waals surface area contributed by atoms with Crippen molar-refractivity contribution >= 4 is 17.7 Å². The van der Waals surface area contributed by atoms with Crippen molar-refractivity contribution in [1.82, 2.24) is 15.1 Å². The Balaban J connectivity index is 1.45. The Morgan fingerprint density at radius 2 is 1.55 bits per heavy atom. The van der Waals surface area contributed by atoms with Crippen molar-refractivity contribution in [3.8, 4) is 0 Å². The van der Waals surface area contributed by atoms with Crippen molar-refractivity contribution in [2.45, 2.75) is 18.9 Å². The number of ether oxygens (including phenoxy) is 1. The van der Waals surface area contributed by atoms with E-state index in [1.807, 2.05) is 6.07 Å². The van der Waals surface area contributed by atoms with Gasteiger partial charge in [0.2, 0.25) is 5.91 Å². The highest BCUT2D eigenvalue weighted by molar-refractivity contribution is 5.97. The fourth-order valence-electron chi connectivity index (χ4n) is 4.42. The fourth-order valence-corrected chi connectivity index (χ4v) is 4.42. The summed E-state index contributed by atoms with van der Waals surface area (Å²) >= 11 is 0. The van der Waals surface area contributed by atoms with Gasteiger partial charge < -0.3 is 19.9 Å². The minimum Gasteiger partial charge on any atom is -0.378 e. The Kier molecular flexibility index (Phi) is 7.34. The molecule has 2 aliphatic heterocycles. The SMILES string of the molecule is O=C(N[C@@H](C(=O)N1CCOCC1)C1CCN(C(=O)c2cccc(F)c2)CC1)c1ccccc1. The second kappa shape index (κ2) is 10.6. The van der Waals surface area contributed by atoms with Crippen molar-refractivity contribution in [3.63, 3.8) is 0 Å². The van der Waals surface area contributed by atoms with Crippen LogP contribution < -0.4 is 5.32 Å². The normalized spacial score (nSPS) is 18.0. The average Bonchev–Trinajstić information content (AvgIpc) is 2.87. The highest BCUT2D eigenvalue weighted by Crippen LogP contribution is 2.24. The van der Waals surface area contributed by atoms with E-state index >= 15 is 0 Å². The van der Waals surface area contributed by atoms with Crippen LogP contribution in [-0.4, -0.2) is 73.0 Å². The summed E-state index contributed by atoms with van der Waals surface area (Å²) in [5.41, 5.74) is 0.808. The van der Waals surface area contributed by atoms with E-state index in [4.69, 9.17) is 4.74 Å². The summed E-state index contributed by atoms with van der Waals surface area (Å²) in [7, 11) is 0. The molecule has 0 spiro atoms. The van der Waals surface area contributed by atoms with E-state index in [-0.39, 0.29) is 23.6 Å². The topological polar surface area (TPSA) is 79.0 Å². The number of halogens is 1. The first-order valence-electron chi connectivity index (χ1n) is 11.3. The number of carbonyl (C=O) groups excluding carboxylic acids is 3. The molecule has 2 heterocycles. The van der Waals surface area contributed by atoms with E-state index in [1.54, 1.807) is 40.1 Å². The molecule has 174 valence electrons. The summed E-state index contributed by atoms with van der Waals surface area (Å²) in [5.74, 6) is -1.18. The minimum atomic E-state index is -0.678. The van der Waals surface area contributed by atoms with Crippen molar-refractivity contribution in [2.75, 3.05) is 39.4 Å². The van der Waals surface area contributed by atoms with E-state index in [1.165, 1.54) is 18.2 Å². The van der Waals surface area contributed by atoms with Gasteiger partial charge in [-0.1, -0.05) is 24.3 Å². The molecule has 0 aliphatic carbocycles. The third-order valence-electron chi connectivity index (χ3n) is 6.28. The third-order valence-corrected chi connectivity index (χ3v) is 6.28. The van der Waals surface area contributed by atoms with Crippen molar-refractivity contribution in [2.24, 2.45) is 5.92 Å². The number of nitrogens with zero attached hydrogens (tertiary/aromatic N) is 2. The minimum absolute atomic E-state index is 0.107. The lowest BCUT2D eigenvalue weighted by molar-refractivity contribution is -0.139. The van der Waals surface area contributed by atoms with Crippen LogP contribution in [0.15, 0.2) is 54.6 Å². The van der Waals surface area contributed by atoms with Crippen LogP contribution in [0.25, 0.3) is 0 Å². The van der Waals surface area contributed by atoms with Crippen molar-refractivity contribution in [1.29, 1.82) is 0 Å². The van der Waals surface area contributed by atoms with Crippen LogP contribution in [0.3, 0.4) is 0 Å². The molecule has 0 bridgehead atoms. The zero-order valence-corrected chi connectivity index (χ0v) is 18.4. The predicted molar refractivity (Wildman–Crippen MR) is 120 cm³/mol. The van der Waals surface area contributed by atoms with E-state index in [0.717, 1.165) is 0 Å². The van der Waals surface area contributed by atoms with E-state index < -0.39 is 11.9 Å². The number of morpholine rings is 1. The van der Waals surface area contributed by atoms with Gasteiger partial charge in [0.25, 0.3) is 11.8 Å². The lowest BCUT2D eigenvalue weighted by atomic mass is 9.87. The number of likely N-dealkylation sites (tertiary alicyclic amines) is 1. The molecule has 2 fully saturated rings. The molecule has 4 rings (SSSR count). The Bertz CT molecular complexity index is 986. The van der Waals surface area contributed by atoms with E-state index in [2.05, 4.69) is 5.32 Å². The zero-order chi connectivity index (χ0) is 23.2. The number of rotatable bonds is 5. The smallest absolute Gasteiger partial charge is 0.253 e. The van der Waals surface area contributed by atoms with Crippen LogP contribution in [0.1, 0.15) is 33.6 Å². The van der Waals surface area contributed by atoms with Gasteiger partial charge >= 0.3 is 0 Å². The number of amides is 3. The van der Waals surface area contributed by atoms with Crippen LogP contribution in [0.4, 0.5) is 4.39 Å². The molecule has 2 aromatic carbocycles. The number of nitrogens with one attached hydrogen (secondary N) is 1. The van der Waals surface area contributed by atoms with Gasteiger partial charge in [0.15, 0.2) is 0 Å². The first kappa shape index (κ1) is 22.9. The standard InChI is InChI=1S/C25H28FN3O4/c26-21-8-4-7-20(17-21)24(31)28-11-9-18(10-12-28)22(25(32)29-13-15-33-16-14-29)27-23(30)19-5-2-1-3-6-19/h1-8,17-18,22H,9-16H2,(H,27,30)/t22-/m1/s1. The molecule has 1 N–H and O–H groups in total. The van der Waals surface area contributed by atoms with Gasteiger partial charge in [0.05, 0.1) is 13.2 Å². The predicted octanol–water partition coefficient (Wildman–Crippen LogP) is 2.34. The quantitative estimate of drug-likeness (QED) is 0.754. The van der Waals surface area contributed by atoms with Crippen LogP contribution in [0, 0.1) is 11.7 Å². The molecule has 0 radical (unpaired) electrons. The molecular weight excluding hydrogens is 425 g/mol. The first-order chi connectivity index (χ1) is 16.0. The maximum absolute atomic E-state index is 13.5. The molecule has 8 heteroatoms. The molecule has 2 aromatic rings. The Morgan fingerprint density at radius 1 is 0.879 bits per heavy atom. The number of piperidine rings is 1. The Hall–Kier alpha value is -3.26. The summed E-state index contributed by atoms with van der Waals surface area (Å²) < 4.78 is 18.9. The fraction of sp³-hybridized carbons (Fsp3) is 0.400. The highest BCUT2D eigenvalue weighted by Gasteiger charge is 2.36.